The molecule has 22 heavy (non-hydrogen) atoms. The quantitative estimate of drug-likeness (QED) is 0.620. The Morgan fingerprint density at radius 1 is 1.09 bits per heavy atom. The van der Waals surface area contributed by atoms with Crippen LogP contribution >= 0.6 is 11.6 Å². The Labute approximate surface area is 136 Å². The molecule has 1 N–H and O–H groups in total. The Kier molecular flexibility index (Phi) is 5.83. The van der Waals surface area contributed by atoms with Crippen molar-refractivity contribution in [3.63, 3.8) is 0 Å². The number of para-hydroxylation sites is 1. The van der Waals surface area contributed by atoms with Crippen LogP contribution in [0.25, 0.3) is 0 Å². The van der Waals surface area contributed by atoms with E-state index in [0.29, 0.717) is 6.54 Å². The van der Waals surface area contributed by atoms with Gasteiger partial charge >= 0.3 is 0 Å². The smallest absolute Gasteiger partial charge is 0.297 e. The van der Waals surface area contributed by atoms with E-state index in [1.54, 1.807) is 12.1 Å². The van der Waals surface area contributed by atoms with Gasteiger partial charge in [-0.05, 0) is 31.2 Å². The summed E-state index contributed by atoms with van der Waals surface area (Å²) in [6, 6.07) is 16.0. The van der Waals surface area contributed by atoms with E-state index in [4.69, 9.17) is 15.8 Å². The van der Waals surface area contributed by atoms with Crippen molar-refractivity contribution >= 4 is 27.4 Å². The molecule has 1 atom stereocenters. The molecule has 0 fully saturated rings. The van der Waals surface area contributed by atoms with Crippen molar-refractivity contribution in [3.05, 3.63) is 60.2 Å². The summed E-state index contributed by atoms with van der Waals surface area (Å²) in [7, 11) is -3.82. The van der Waals surface area contributed by atoms with Gasteiger partial charge in [0.05, 0.1) is 10.8 Å². The minimum atomic E-state index is -3.82. The van der Waals surface area contributed by atoms with Gasteiger partial charge in [0, 0.05) is 12.2 Å². The Bertz CT molecular complexity index is 687. The van der Waals surface area contributed by atoms with E-state index in [-0.39, 0.29) is 10.8 Å². The molecule has 0 spiro atoms. The predicted molar refractivity (Wildman–Crippen MR) is 88.9 cm³/mol. The van der Waals surface area contributed by atoms with Crippen LogP contribution in [0, 0.1) is 6.92 Å². The average molecular weight is 340 g/mol. The molecule has 4 nitrogen and oxygen atoms in total. The van der Waals surface area contributed by atoms with Crippen LogP contribution in [0.2, 0.25) is 0 Å². The number of nitrogens with one attached hydrogen (secondary N) is 1. The largest absolute Gasteiger partial charge is 0.382 e. The molecule has 0 unspecified atom stereocenters. The van der Waals surface area contributed by atoms with Gasteiger partial charge in [0.25, 0.3) is 10.1 Å². The lowest BCUT2D eigenvalue weighted by molar-refractivity contribution is 0.244. The Hall–Kier alpha value is -1.56. The highest BCUT2D eigenvalue weighted by molar-refractivity contribution is 7.86. The van der Waals surface area contributed by atoms with Crippen molar-refractivity contribution < 1.29 is 12.6 Å². The highest BCUT2D eigenvalue weighted by Gasteiger charge is 2.21. The first-order chi connectivity index (χ1) is 10.5. The Balaban J connectivity index is 2.01. The first kappa shape index (κ1) is 16.8. The lowest BCUT2D eigenvalue weighted by Gasteiger charge is -2.16. The zero-order valence-corrected chi connectivity index (χ0v) is 13.8. The van der Waals surface area contributed by atoms with Crippen molar-refractivity contribution in [1.29, 1.82) is 0 Å². The second-order valence-electron chi connectivity index (χ2n) is 4.89. The molecule has 2 rings (SSSR count). The van der Waals surface area contributed by atoms with Gasteiger partial charge in [-0.25, -0.2) is 0 Å². The van der Waals surface area contributed by atoms with E-state index in [1.165, 1.54) is 12.1 Å². The van der Waals surface area contributed by atoms with Gasteiger partial charge in [0.15, 0.2) is 0 Å². The minimum absolute atomic E-state index is 0.0743. The Morgan fingerprint density at radius 3 is 2.32 bits per heavy atom. The number of benzene rings is 2. The molecule has 2 aromatic rings. The van der Waals surface area contributed by atoms with Crippen molar-refractivity contribution in [2.45, 2.75) is 17.9 Å². The maximum absolute atomic E-state index is 12.2. The van der Waals surface area contributed by atoms with E-state index in [1.807, 2.05) is 37.3 Å². The van der Waals surface area contributed by atoms with Crippen LogP contribution in [0.5, 0.6) is 0 Å². The molecule has 0 aliphatic rings. The summed E-state index contributed by atoms with van der Waals surface area (Å²) >= 11 is 5.82. The van der Waals surface area contributed by atoms with Gasteiger partial charge in [-0.15, -0.1) is 11.6 Å². The van der Waals surface area contributed by atoms with Crippen molar-refractivity contribution in [3.8, 4) is 0 Å². The molecule has 0 radical (unpaired) electrons. The minimum Gasteiger partial charge on any atom is -0.382 e. The molecular weight excluding hydrogens is 322 g/mol. The summed E-state index contributed by atoms with van der Waals surface area (Å²) < 4.78 is 29.6. The molecule has 118 valence electrons. The van der Waals surface area contributed by atoms with E-state index in [2.05, 4.69) is 5.32 Å². The fourth-order valence-corrected chi connectivity index (χ4v) is 3.16. The first-order valence-electron chi connectivity index (χ1n) is 6.86. The summed E-state index contributed by atoms with van der Waals surface area (Å²) in [5.41, 5.74) is 1.87. The number of alkyl halides is 1. The normalized spacial score (nSPS) is 12.8. The molecule has 0 aliphatic heterocycles. The summed E-state index contributed by atoms with van der Waals surface area (Å²) in [5.74, 6) is 0.0743. The molecule has 0 saturated carbocycles. The summed E-state index contributed by atoms with van der Waals surface area (Å²) in [6.07, 6.45) is -0.645. The van der Waals surface area contributed by atoms with Crippen LogP contribution in [0.4, 0.5) is 5.69 Å². The van der Waals surface area contributed by atoms with Crippen LogP contribution < -0.4 is 5.32 Å². The number of hydrogen-bond donors (Lipinski definition) is 1. The molecule has 2 aromatic carbocycles. The second kappa shape index (κ2) is 7.63. The number of anilines is 1. The second-order valence-corrected chi connectivity index (χ2v) is 6.77. The van der Waals surface area contributed by atoms with Gasteiger partial charge in [0.1, 0.15) is 6.10 Å². The fourth-order valence-electron chi connectivity index (χ4n) is 1.84. The van der Waals surface area contributed by atoms with Gasteiger partial charge in [-0.1, -0.05) is 35.9 Å². The standard InChI is InChI=1S/C16H18ClNO3S/c1-13-7-9-16(10-8-13)22(19,20)21-15(11-17)12-18-14-5-3-2-4-6-14/h2-10,15,18H,11-12H2,1H3/t15-/m0/s1. The van der Waals surface area contributed by atoms with Gasteiger partial charge < -0.3 is 5.32 Å². The number of rotatable bonds is 7. The van der Waals surface area contributed by atoms with Crippen LogP contribution in [-0.2, 0) is 14.3 Å². The molecule has 0 aromatic heterocycles. The highest BCUT2D eigenvalue weighted by atomic mass is 35.5. The lowest BCUT2D eigenvalue weighted by Crippen LogP contribution is -2.28. The van der Waals surface area contributed by atoms with Crippen molar-refractivity contribution in [2.24, 2.45) is 0 Å². The lowest BCUT2D eigenvalue weighted by atomic mass is 10.2. The van der Waals surface area contributed by atoms with E-state index in [0.717, 1.165) is 11.3 Å². The van der Waals surface area contributed by atoms with Crippen molar-refractivity contribution in [1.82, 2.24) is 0 Å². The molecule has 6 heteroatoms. The average Bonchev–Trinajstić information content (AvgIpc) is 2.52. The third-order valence-corrected chi connectivity index (χ3v) is 4.77. The van der Waals surface area contributed by atoms with Crippen LogP contribution in [0.1, 0.15) is 5.56 Å². The molecule has 0 aliphatic carbocycles. The topological polar surface area (TPSA) is 55.4 Å². The summed E-state index contributed by atoms with van der Waals surface area (Å²) in [6.45, 7) is 2.20. The molecule has 0 bridgehead atoms. The summed E-state index contributed by atoms with van der Waals surface area (Å²) in [5, 5.41) is 3.10. The maximum atomic E-state index is 12.2. The van der Waals surface area contributed by atoms with E-state index >= 15 is 0 Å². The van der Waals surface area contributed by atoms with Gasteiger partial charge in [-0.2, -0.15) is 8.42 Å². The van der Waals surface area contributed by atoms with Crippen LogP contribution in [0.3, 0.4) is 0 Å². The number of hydrogen-bond acceptors (Lipinski definition) is 4. The SMILES string of the molecule is Cc1ccc(S(=O)(=O)O[C@@H](CCl)CNc2ccccc2)cc1. The third kappa shape index (κ3) is 4.73. The van der Waals surface area contributed by atoms with E-state index < -0.39 is 16.2 Å². The molecule has 0 heterocycles. The predicted octanol–water partition coefficient (Wildman–Crippen LogP) is 3.42. The van der Waals surface area contributed by atoms with E-state index in [9.17, 15) is 8.42 Å². The van der Waals surface area contributed by atoms with Gasteiger partial charge in [-0.3, -0.25) is 4.18 Å². The zero-order valence-electron chi connectivity index (χ0n) is 12.2. The molecular formula is C16H18ClNO3S. The monoisotopic (exact) mass is 339 g/mol. The molecule has 0 amide bonds. The van der Waals surface area contributed by atoms with Gasteiger partial charge in [0.2, 0.25) is 0 Å². The molecule has 0 saturated heterocycles. The first-order valence-corrected chi connectivity index (χ1v) is 8.80. The number of halogens is 1. The van der Waals surface area contributed by atoms with Crippen LogP contribution in [0.15, 0.2) is 59.5 Å². The fraction of sp³-hybridized carbons (Fsp3) is 0.250. The van der Waals surface area contributed by atoms with Crippen LogP contribution in [-0.4, -0.2) is 26.9 Å². The Morgan fingerprint density at radius 2 is 1.73 bits per heavy atom. The zero-order chi connectivity index (χ0) is 16.0. The van der Waals surface area contributed by atoms with Crippen molar-refractivity contribution in [2.75, 3.05) is 17.7 Å². The highest BCUT2D eigenvalue weighted by Crippen LogP contribution is 2.16. The third-order valence-electron chi connectivity index (χ3n) is 3.05. The summed E-state index contributed by atoms with van der Waals surface area (Å²) in [4.78, 5) is 0.132. The number of aryl methyl sites for hydroxylation is 1. The maximum Gasteiger partial charge on any atom is 0.297 e.